The Morgan fingerprint density at radius 3 is 2.79 bits per heavy atom. The van der Waals surface area contributed by atoms with Gasteiger partial charge in [0, 0.05) is 11.0 Å². The second-order valence-electron chi connectivity index (χ2n) is 3.50. The zero-order valence-corrected chi connectivity index (χ0v) is 12.2. The summed E-state index contributed by atoms with van der Waals surface area (Å²) in [5.74, 6) is 6.82. The Labute approximate surface area is 120 Å². The van der Waals surface area contributed by atoms with Crippen LogP contribution in [0.5, 0.6) is 5.75 Å². The first kappa shape index (κ1) is 14.0. The Bertz CT molecular complexity index is 543. The fourth-order valence-electron chi connectivity index (χ4n) is 1.41. The molecule has 1 aromatic heterocycles. The van der Waals surface area contributed by atoms with Gasteiger partial charge in [-0.25, -0.2) is 15.8 Å². The molecule has 0 unspecified atom stereocenters. The molecule has 0 aliphatic heterocycles. The predicted molar refractivity (Wildman–Crippen MR) is 78.7 cm³/mol. The summed E-state index contributed by atoms with van der Waals surface area (Å²) >= 11 is 3.01. The Morgan fingerprint density at radius 1 is 1.26 bits per heavy atom. The molecule has 7 heteroatoms. The van der Waals surface area contributed by atoms with Gasteiger partial charge in [-0.1, -0.05) is 29.6 Å². The largest absolute Gasteiger partial charge is 0.497 e. The van der Waals surface area contributed by atoms with Gasteiger partial charge in [0.1, 0.15) is 16.6 Å². The third-order valence-corrected chi connectivity index (χ3v) is 3.73. The van der Waals surface area contributed by atoms with E-state index in [1.54, 1.807) is 7.11 Å². The van der Waals surface area contributed by atoms with Crippen molar-refractivity contribution in [2.45, 2.75) is 15.1 Å². The van der Waals surface area contributed by atoms with Crippen LogP contribution in [0, 0.1) is 0 Å². The van der Waals surface area contributed by atoms with Gasteiger partial charge < -0.3 is 10.2 Å². The lowest BCUT2D eigenvalue weighted by atomic mass is 10.3. The number of benzene rings is 1. The molecule has 0 aliphatic rings. The normalized spacial score (nSPS) is 10.3. The number of nitrogens with two attached hydrogens (primary N) is 1. The molecule has 0 amide bonds. The molecule has 3 N–H and O–H groups in total. The summed E-state index contributed by atoms with van der Waals surface area (Å²) in [5, 5.41) is 1.52. The number of thioether (sulfide) groups is 1. The van der Waals surface area contributed by atoms with Crippen molar-refractivity contribution >= 4 is 29.3 Å². The molecular formula is C12H14N4OS2. The van der Waals surface area contributed by atoms with Crippen molar-refractivity contribution in [1.82, 2.24) is 9.97 Å². The van der Waals surface area contributed by atoms with Crippen LogP contribution in [0.1, 0.15) is 0 Å². The molecule has 0 spiro atoms. The lowest BCUT2D eigenvalue weighted by molar-refractivity contribution is 0.413. The SMILES string of the molecule is COc1cccc(Sc2cc(NN)nc(SC)n2)c1. The van der Waals surface area contributed by atoms with Crippen LogP contribution in [0.25, 0.3) is 0 Å². The Hall–Kier alpha value is -1.44. The summed E-state index contributed by atoms with van der Waals surface area (Å²) in [6.07, 6.45) is 1.93. The zero-order valence-electron chi connectivity index (χ0n) is 10.6. The number of rotatable bonds is 5. The van der Waals surface area contributed by atoms with Crippen molar-refractivity contribution in [2.24, 2.45) is 5.84 Å². The fraction of sp³-hybridized carbons (Fsp3) is 0.167. The summed E-state index contributed by atoms with van der Waals surface area (Å²) in [5.41, 5.74) is 2.55. The first-order valence-electron chi connectivity index (χ1n) is 5.46. The molecule has 1 aromatic carbocycles. The van der Waals surface area contributed by atoms with Crippen LogP contribution in [0.2, 0.25) is 0 Å². The molecule has 1 heterocycles. The third-order valence-electron chi connectivity index (χ3n) is 2.28. The van der Waals surface area contributed by atoms with E-state index >= 15 is 0 Å². The molecule has 100 valence electrons. The molecule has 0 atom stereocenters. The number of nitrogens with zero attached hydrogens (tertiary/aromatic N) is 2. The fourth-order valence-corrected chi connectivity index (χ4v) is 2.71. The lowest BCUT2D eigenvalue weighted by Gasteiger charge is -2.07. The van der Waals surface area contributed by atoms with Crippen LogP contribution >= 0.6 is 23.5 Å². The molecule has 0 radical (unpaired) electrons. The summed E-state index contributed by atoms with van der Waals surface area (Å²) in [4.78, 5) is 9.70. The number of nitrogen functional groups attached to an aromatic ring is 1. The summed E-state index contributed by atoms with van der Waals surface area (Å²) < 4.78 is 5.20. The van der Waals surface area contributed by atoms with E-state index in [0.717, 1.165) is 15.7 Å². The van der Waals surface area contributed by atoms with E-state index in [0.29, 0.717) is 11.0 Å². The third kappa shape index (κ3) is 3.76. The van der Waals surface area contributed by atoms with Crippen molar-refractivity contribution in [1.29, 1.82) is 0 Å². The van der Waals surface area contributed by atoms with Crippen LogP contribution in [0.4, 0.5) is 5.82 Å². The second-order valence-corrected chi connectivity index (χ2v) is 5.37. The highest BCUT2D eigenvalue weighted by molar-refractivity contribution is 7.99. The Kier molecular flexibility index (Phi) is 4.89. The number of hydrazine groups is 1. The molecule has 0 fully saturated rings. The van der Waals surface area contributed by atoms with Gasteiger partial charge in [0.05, 0.1) is 7.11 Å². The van der Waals surface area contributed by atoms with Crippen LogP contribution in [-0.2, 0) is 0 Å². The monoisotopic (exact) mass is 294 g/mol. The van der Waals surface area contributed by atoms with Crippen LogP contribution in [0.3, 0.4) is 0 Å². The van der Waals surface area contributed by atoms with Gasteiger partial charge in [-0.3, -0.25) is 0 Å². The van der Waals surface area contributed by atoms with Crippen LogP contribution < -0.4 is 16.0 Å². The first-order valence-corrected chi connectivity index (χ1v) is 7.51. The molecule has 0 saturated heterocycles. The predicted octanol–water partition coefficient (Wildman–Crippen LogP) is 2.64. The van der Waals surface area contributed by atoms with Crippen molar-refractivity contribution < 1.29 is 4.74 Å². The van der Waals surface area contributed by atoms with E-state index in [-0.39, 0.29) is 0 Å². The number of ether oxygens (including phenoxy) is 1. The molecular weight excluding hydrogens is 280 g/mol. The molecule has 5 nitrogen and oxygen atoms in total. The van der Waals surface area contributed by atoms with Gasteiger partial charge in [-0.05, 0) is 24.5 Å². The highest BCUT2D eigenvalue weighted by Crippen LogP contribution is 2.30. The van der Waals surface area contributed by atoms with Gasteiger partial charge in [-0.2, -0.15) is 0 Å². The number of hydrogen-bond acceptors (Lipinski definition) is 7. The first-order chi connectivity index (χ1) is 9.25. The number of anilines is 1. The maximum Gasteiger partial charge on any atom is 0.190 e. The Morgan fingerprint density at radius 2 is 2.11 bits per heavy atom. The van der Waals surface area contributed by atoms with Gasteiger partial charge in [0.15, 0.2) is 5.16 Å². The molecule has 0 aliphatic carbocycles. The maximum absolute atomic E-state index is 5.40. The molecule has 0 saturated carbocycles. The van der Waals surface area contributed by atoms with Gasteiger partial charge >= 0.3 is 0 Å². The summed E-state index contributed by atoms with van der Waals surface area (Å²) in [6.45, 7) is 0. The van der Waals surface area contributed by atoms with Crippen LogP contribution in [-0.4, -0.2) is 23.3 Å². The Balaban J connectivity index is 2.26. The molecule has 2 rings (SSSR count). The van der Waals surface area contributed by atoms with Gasteiger partial charge in [0.2, 0.25) is 0 Å². The van der Waals surface area contributed by atoms with E-state index in [2.05, 4.69) is 15.4 Å². The van der Waals surface area contributed by atoms with E-state index < -0.39 is 0 Å². The minimum atomic E-state index is 0.602. The average molecular weight is 294 g/mol. The average Bonchev–Trinajstić information content (AvgIpc) is 2.47. The molecule has 2 aromatic rings. The van der Waals surface area contributed by atoms with Gasteiger partial charge in [0.25, 0.3) is 0 Å². The number of hydrogen-bond donors (Lipinski definition) is 2. The van der Waals surface area contributed by atoms with Crippen LogP contribution in [0.15, 0.2) is 45.4 Å². The van der Waals surface area contributed by atoms with E-state index in [1.807, 2.05) is 36.6 Å². The van der Waals surface area contributed by atoms with Crippen molar-refractivity contribution in [3.05, 3.63) is 30.3 Å². The minimum Gasteiger partial charge on any atom is -0.497 e. The summed E-state index contributed by atoms with van der Waals surface area (Å²) in [7, 11) is 1.65. The standard InChI is InChI=1S/C12H14N4OS2/c1-17-8-4-3-5-9(6-8)19-11-7-10(16-13)14-12(15-11)18-2/h3-7H,13H2,1-2H3,(H,14,15,16). The maximum atomic E-state index is 5.40. The van der Waals surface area contributed by atoms with Gasteiger partial charge in [-0.15, -0.1) is 0 Å². The smallest absolute Gasteiger partial charge is 0.190 e. The summed E-state index contributed by atoms with van der Waals surface area (Å²) in [6, 6.07) is 9.62. The molecule has 19 heavy (non-hydrogen) atoms. The highest BCUT2D eigenvalue weighted by Gasteiger charge is 2.06. The van der Waals surface area contributed by atoms with E-state index in [9.17, 15) is 0 Å². The lowest BCUT2D eigenvalue weighted by Crippen LogP contribution is -2.09. The van der Waals surface area contributed by atoms with E-state index in [4.69, 9.17) is 10.6 Å². The van der Waals surface area contributed by atoms with Crippen molar-refractivity contribution in [3.63, 3.8) is 0 Å². The second kappa shape index (κ2) is 6.65. The zero-order chi connectivity index (χ0) is 13.7. The topological polar surface area (TPSA) is 73.1 Å². The molecule has 0 bridgehead atoms. The number of nitrogens with one attached hydrogen (secondary N) is 1. The van der Waals surface area contributed by atoms with Crippen molar-refractivity contribution in [3.8, 4) is 5.75 Å². The quantitative estimate of drug-likeness (QED) is 0.289. The minimum absolute atomic E-state index is 0.602. The highest BCUT2D eigenvalue weighted by atomic mass is 32.2. The van der Waals surface area contributed by atoms with E-state index in [1.165, 1.54) is 23.5 Å². The van der Waals surface area contributed by atoms with Crippen molar-refractivity contribution in [2.75, 3.05) is 18.8 Å². The number of methoxy groups -OCH3 is 1. The number of aromatic nitrogens is 2.